The van der Waals surface area contributed by atoms with Crippen LogP contribution in [0.3, 0.4) is 0 Å². The maximum Gasteiger partial charge on any atom is 0.325 e. The first-order valence-electron chi connectivity index (χ1n) is 6.32. The molecule has 20 heavy (non-hydrogen) atoms. The normalized spacial score (nSPS) is 23.9. The number of sulfonamides is 1. The van der Waals surface area contributed by atoms with Gasteiger partial charge in [0.05, 0.1) is 12.1 Å². The molecule has 0 radical (unpaired) electrons. The van der Waals surface area contributed by atoms with Gasteiger partial charge in [0.25, 0.3) is 5.56 Å². The highest BCUT2D eigenvalue weighted by Gasteiger charge is 2.35. The second-order valence-corrected chi connectivity index (χ2v) is 6.84. The van der Waals surface area contributed by atoms with Gasteiger partial charge in [-0.1, -0.05) is 12.8 Å². The summed E-state index contributed by atoms with van der Waals surface area (Å²) in [6, 6.07) is -0.555. The minimum atomic E-state index is -4.06. The number of H-pyrrole nitrogens is 2. The van der Waals surface area contributed by atoms with Gasteiger partial charge in [0.15, 0.2) is 4.90 Å². The summed E-state index contributed by atoms with van der Waals surface area (Å²) in [5, 5.41) is 9.91. The van der Waals surface area contributed by atoms with Crippen LogP contribution in [0.1, 0.15) is 25.7 Å². The number of aromatic nitrogens is 2. The maximum atomic E-state index is 12.4. The first-order chi connectivity index (χ1) is 9.34. The van der Waals surface area contributed by atoms with Crippen LogP contribution in [-0.2, 0) is 10.0 Å². The van der Waals surface area contributed by atoms with Crippen molar-refractivity contribution in [3.63, 3.8) is 0 Å². The molecule has 3 N–H and O–H groups in total. The Labute approximate surface area is 115 Å². The van der Waals surface area contributed by atoms with Gasteiger partial charge in [-0.2, -0.15) is 4.31 Å². The zero-order valence-electron chi connectivity index (χ0n) is 11.0. The molecule has 0 amide bonds. The minimum absolute atomic E-state index is 0.530. The number of hydrogen-bond acceptors (Lipinski definition) is 5. The van der Waals surface area contributed by atoms with E-state index in [1.807, 2.05) is 4.98 Å². The maximum absolute atomic E-state index is 12.4. The number of hydrogen-bond donors (Lipinski definition) is 3. The van der Waals surface area contributed by atoms with Gasteiger partial charge in [0.1, 0.15) is 0 Å². The van der Waals surface area contributed by atoms with Crippen LogP contribution in [0, 0.1) is 0 Å². The molecule has 0 aliphatic heterocycles. The fourth-order valence-electron chi connectivity index (χ4n) is 2.44. The molecule has 1 saturated carbocycles. The molecule has 112 valence electrons. The summed E-state index contributed by atoms with van der Waals surface area (Å²) in [6.07, 6.45) is 2.88. The van der Waals surface area contributed by atoms with Gasteiger partial charge in [-0.05, 0) is 12.8 Å². The molecule has 8 nitrogen and oxygen atoms in total. The Morgan fingerprint density at radius 2 is 1.95 bits per heavy atom. The quantitative estimate of drug-likeness (QED) is 0.660. The van der Waals surface area contributed by atoms with Crippen molar-refractivity contribution in [3.8, 4) is 0 Å². The van der Waals surface area contributed by atoms with Crippen molar-refractivity contribution in [1.82, 2.24) is 14.3 Å². The van der Waals surface area contributed by atoms with E-state index >= 15 is 0 Å². The smallest absolute Gasteiger partial charge is 0.325 e. The first-order valence-corrected chi connectivity index (χ1v) is 7.76. The lowest BCUT2D eigenvalue weighted by Gasteiger charge is -2.34. The fourth-order valence-corrected chi connectivity index (χ4v) is 3.84. The van der Waals surface area contributed by atoms with E-state index in [9.17, 15) is 23.1 Å². The first kappa shape index (κ1) is 14.9. The molecule has 0 bridgehead atoms. The fraction of sp³-hybridized carbons (Fsp3) is 0.636. The van der Waals surface area contributed by atoms with Crippen LogP contribution >= 0.6 is 0 Å². The highest BCUT2D eigenvalue weighted by Crippen LogP contribution is 2.25. The van der Waals surface area contributed by atoms with Crippen molar-refractivity contribution >= 4 is 10.0 Å². The Balaban J connectivity index is 2.38. The Morgan fingerprint density at radius 1 is 1.30 bits per heavy atom. The van der Waals surface area contributed by atoms with E-state index < -0.39 is 38.3 Å². The Kier molecular flexibility index (Phi) is 4.11. The summed E-state index contributed by atoms with van der Waals surface area (Å²) in [6.45, 7) is 0. The molecule has 2 unspecified atom stereocenters. The molecule has 1 aromatic heterocycles. The van der Waals surface area contributed by atoms with Crippen LogP contribution in [0.5, 0.6) is 0 Å². The van der Waals surface area contributed by atoms with E-state index in [-0.39, 0.29) is 0 Å². The minimum Gasteiger partial charge on any atom is -0.391 e. The van der Waals surface area contributed by atoms with E-state index in [1.54, 1.807) is 0 Å². The summed E-state index contributed by atoms with van der Waals surface area (Å²) in [5.74, 6) is 0. The van der Waals surface area contributed by atoms with Gasteiger partial charge < -0.3 is 10.1 Å². The lowest BCUT2D eigenvalue weighted by Crippen LogP contribution is -2.47. The molecule has 1 aromatic rings. The molecule has 1 heterocycles. The number of aliphatic hydroxyl groups excluding tert-OH is 1. The average molecular weight is 303 g/mol. The Hall–Kier alpha value is -1.45. The second-order valence-electron chi connectivity index (χ2n) is 4.88. The molecule has 1 fully saturated rings. The molecule has 1 aliphatic rings. The molecule has 2 atom stereocenters. The van der Waals surface area contributed by atoms with Crippen molar-refractivity contribution in [3.05, 3.63) is 27.0 Å². The van der Waals surface area contributed by atoms with E-state index in [0.29, 0.717) is 12.8 Å². The predicted octanol–water partition coefficient (Wildman–Crippen LogP) is -1.01. The van der Waals surface area contributed by atoms with Crippen molar-refractivity contribution in [2.45, 2.75) is 42.7 Å². The Bertz CT molecular complexity index is 693. The second kappa shape index (κ2) is 5.51. The van der Waals surface area contributed by atoms with Crippen LogP contribution < -0.4 is 11.2 Å². The number of likely N-dealkylation sites (N-methyl/N-ethyl adjacent to an activating group) is 1. The van der Waals surface area contributed by atoms with E-state index in [2.05, 4.69) is 4.98 Å². The van der Waals surface area contributed by atoms with Crippen LogP contribution in [-0.4, -0.2) is 47.0 Å². The molecule has 0 spiro atoms. The van der Waals surface area contributed by atoms with Crippen LogP contribution in [0.15, 0.2) is 20.7 Å². The van der Waals surface area contributed by atoms with E-state index in [4.69, 9.17) is 0 Å². The van der Waals surface area contributed by atoms with Gasteiger partial charge in [-0.25, -0.2) is 13.2 Å². The average Bonchev–Trinajstić information content (AvgIpc) is 2.38. The standard InChI is InChI=1S/C11H17N3O5S/c1-14(7-4-2-3-5-8(7)15)20(18,19)9-6-12-11(17)13-10(9)16/h6-8,15H,2-5H2,1H3,(H2,12,13,16,17). The number of rotatable bonds is 3. The summed E-state index contributed by atoms with van der Waals surface area (Å²) in [5.41, 5.74) is -1.74. The van der Waals surface area contributed by atoms with Crippen molar-refractivity contribution < 1.29 is 13.5 Å². The third-order valence-electron chi connectivity index (χ3n) is 3.60. The van der Waals surface area contributed by atoms with Crippen molar-refractivity contribution in [1.29, 1.82) is 0 Å². The third kappa shape index (κ3) is 2.69. The van der Waals surface area contributed by atoms with Crippen LogP contribution in [0.4, 0.5) is 0 Å². The van der Waals surface area contributed by atoms with Gasteiger partial charge in [-0.15, -0.1) is 0 Å². The largest absolute Gasteiger partial charge is 0.391 e. The predicted molar refractivity (Wildman–Crippen MR) is 70.9 cm³/mol. The molecule has 0 saturated heterocycles. The van der Waals surface area contributed by atoms with E-state index in [0.717, 1.165) is 23.3 Å². The number of nitrogens with zero attached hydrogens (tertiary/aromatic N) is 1. The van der Waals surface area contributed by atoms with Gasteiger partial charge in [-0.3, -0.25) is 9.78 Å². The molecular weight excluding hydrogens is 286 g/mol. The molecule has 2 rings (SSSR count). The zero-order valence-corrected chi connectivity index (χ0v) is 11.8. The lowest BCUT2D eigenvalue weighted by molar-refractivity contribution is 0.0637. The number of aliphatic hydroxyl groups is 1. The molecular formula is C11H17N3O5S. The molecule has 0 aromatic carbocycles. The SMILES string of the molecule is CN(C1CCCCC1O)S(=O)(=O)c1c[nH]c(=O)[nH]c1=O. The monoisotopic (exact) mass is 303 g/mol. The Morgan fingerprint density at radius 3 is 2.55 bits per heavy atom. The van der Waals surface area contributed by atoms with Crippen molar-refractivity contribution in [2.75, 3.05) is 7.05 Å². The topological polar surface area (TPSA) is 123 Å². The number of nitrogens with one attached hydrogen (secondary N) is 2. The van der Waals surface area contributed by atoms with Crippen LogP contribution in [0.2, 0.25) is 0 Å². The highest BCUT2D eigenvalue weighted by molar-refractivity contribution is 7.89. The van der Waals surface area contributed by atoms with Crippen LogP contribution in [0.25, 0.3) is 0 Å². The number of aromatic amines is 2. The van der Waals surface area contributed by atoms with Gasteiger partial charge in [0, 0.05) is 13.2 Å². The van der Waals surface area contributed by atoms with Crippen molar-refractivity contribution in [2.24, 2.45) is 0 Å². The third-order valence-corrected chi connectivity index (χ3v) is 5.49. The summed E-state index contributed by atoms with van der Waals surface area (Å²) >= 11 is 0. The highest BCUT2D eigenvalue weighted by atomic mass is 32.2. The molecule has 9 heteroatoms. The zero-order chi connectivity index (χ0) is 14.9. The van der Waals surface area contributed by atoms with Gasteiger partial charge in [0.2, 0.25) is 10.0 Å². The van der Waals surface area contributed by atoms with Gasteiger partial charge >= 0.3 is 5.69 Å². The summed E-state index contributed by atoms with van der Waals surface area (Å²) in [7, 11) is -2.73. The summed E-state index contributed by atoms with van der Waals surface area (Å²) in [4.78, 5) is 26.0. The lowest BCUT2D eigenvalue weighted by atomic mass is 9.93. The molecule has 1 aliphatic carbocycles. The van der Waals surface area contributed by atoms with E-state index in [1.165, 1.54) is 7.05 Å². The summed E-state index contributed by atoms with van der Waals surface area (Å²) < 4.78 is 25.8.